The molecule has 1 nitrogen and oxygen atoms in total. The number of hydrogen-bond acceptors (Lipinski definition) is 1. The molecule has 0 aliphatic rings. The summed E-state index contributed by atoms with van der Waals surface area (Å²) in [6.45, 7) is 5.95. The van der Waals surface area contributed by atoms with E-state index in [1.165, 1.54) is 16.3 Å². The summed E-state index contributed by atoms with van der Waals surface area (Å²) in [6.07, 6.45) is 1.46. The first-order chi connectivity index (χ1) is 8.47. The van der Waals surface area contributed by atoms with Crippen LogP contribution in [0.3, 0.4) is 0 Å². The number of fused-ring (bicyclic) bond motifs is 1. The molecule has 1 heteroatoms. The van der Waals surface area contributed by atoms with Crippen molar-refractivity contribution in [1.82, 2.24) is 0 Å². The van der Waals surface area contributed by atoms with Gasteiger partial charge in [0.25, 0.3) is 0 Å². The summed E-state index contributed by atoms with van der Waals surface area (Å²) >= 11 is 0. The van der Waals surface area contributed by atoms with Crippen molar-refractivity contribution in [2.75, 3.05) is 0 Å². The summed E-state index contributed by atoms with van der Waals surface area (Å²) < 4.78 is 0. The van der Waals surface area contributed by atoms with Gasteiger partial charge >= 0.3 is 0 Å². The fourth-order valence-electron chi connectivity index (χ4n) is 2.03. The first-order valence-corrected chi connectivity index (χ1v) is 6.48. The third kappa shape index (κ3) is 2.98. The molecule has 0 aliphatic heterocycles. The number of carbonyl (C=O) groups is 1. The minimum Gasteiger partial charge on any atom is -0.299 e. The van der Waals surface area contributed by atoms with Crippen LogP contribution in [0.25, 0.3) is 10.8 Å². The summed E-state index contributed by atoms with van der Waals surface area (Å²) in [6, 6.07) is 14.8. The lowest BCUT2D eigenvalue weighted by Crippen LogP contribution is -2.20. The molecule has 18 heavy (non-hydrogen) atoms. The molecule has 0 fully saturated rings. The Kier molecular flexibility index (Phi) is 3.51. The maximum absolute atomic E-state index is 11.9. The summed E-state index contributed by atoms with van der Waals surface area (Å²) in [5.74, 6) is 0.329. The topological polar surface area (TPSA) is 17.1 Å². The molecule has 2 aromatic carbocycles. The van der Waals surface area contributed by atoms with Gasteiger partial charge in [0, 0.05) is 11.8 Å². The van der Waals surface area contributed by atoms with Crippen LogP contribution in [0.4, 0.5) is 0 Å². The molecule has 94 valence electrons. The van der Waals surface area contributed by atoms with E-state index in [9.17, 15) is 4.79 Å². The van der Waals surface area contributed by atoms with Crippen LogP contribution in [0.5, 0.6) is 0 Å². The second-order valence-corrected chi connectivity index (χ2v) is 5.85. The molecule has 0 aromatic heterocycles. The quantitative estimate of drug-likeness (QED) is 0.777. The van der Waals surface area contributed by atoms with Crippen LogP contribution in [0.15, 0.2) is 42.5 Å². The number of aryl methyl sites for hydroxylation is 1. The maximum Gasteiger partial charge on any atom is 0.138 e. The standard InChI is InChI=1S/C17H20O/c1-17(2,3)16(18)11-9-13-8-10-14-6-4-5-7-15(14)12-13/h4-8,10,12H,9,11H2,1-3H3. The summed E-state index contributed by atoms with van der Waals surface area (Å²) in [7, 11) is 0. The highest BCUT2D eigenvalue weighted by Crippen LogP contribution is 2.20. The zero-order chi connectivity index (χ0) is 13.2. The van der Waals surface area contributed by atoms with Crippen LogP contribution in [-0.2, 0) is 11.2 Å². The minimum absolute atomic E-state index is 0.225. The van der Waals surface area contributed by atoms with E-state index in [0.717, 1.165) is 6.42 Å². The highest BCUT2D eigenvalue weighted by molar-refractivity contribution is 5.85. The van der Waals surface area contributed by atoms with Gasteiger partial charge in [-0.05, 0) is 22.8 Å². The number of hydrogen-bond donors (Lipinski definition) is 0. The molecule has 0 amide bonds. The zero-order valence-corrected chi connectivity index (χ0v) is 11.4. The van der Waals surface area contributed by atoms with E-state index in [2.05, 4.69) is 30.3 Å². The van der Waals surface area contributed by atoms with E-state index in [-0.39, 0.29) is 5.41 Å². The Balaban J connectivity index is 2.11. The molecular formula is C17H20O. The molecule has 2 rings (SSSR count). The van der Waals surface area contributed by atoms with Crippen molar-refractivity contribution < 1.29 is 4.79 Å². The monoisotopic (exact) mass is 240 g/mol. The smallest absolute Gasteiger partial charge is 0.138 e. The number of benzene rings is 2. The van der Waals surface area contributed by atoms with Crippen molar-refractivity contribution in [1.29, 1.82) is 0 Å². The lowest BCUT2D eigenvalue weighted by Gasteiger charge is -2.16. The highest BCUT2D eigenvalue weighted by atomic mass is 16.1. The zero-order valence-electron chi connectivity index (χ0n) is 11.4. The van der Waals surface area contributed by atoms with Gasteiger partial charge in [0.15, 0.2) is 0 Å². The van der Waals surface area contributed by atoms with Gasteiger partial charge in [-0.1, -0.05) is 63.2 Å². The molecule has 0 bridgehead atoms. The number of Topliss-reactive ketones (excluding diaryl/α,β-unsaturated/α-hetero) is 1. The second-order valence-electron chi connectivity index (χ2n) is 5.85. The molecule has 0 saturated carbocycles. The van der Waals surface area contributed by atoms with E-state index in [4.69, 9.17) is 0 Å². The van der Waals surface area contributed by atoms with Gasteiger partial charge in [-0.25, -0.2) is 0 Å². The highest BCUT2D eigenvalue weighted by Gasteiger charge is 2.20. The number of rotatable bonds is 3. The fraction of sp³-hybridized carbons (Fsp3) is 0.353. The van der Waals surface area contributed by atoms with Crippen molar-refractivity contribution in [3.05, 3.63) is 48.0 Å². The Morgan fingerprint density at radius 3 is 2.33 bits per heavy atom. The molecular weight excluding hydrogens is 220 g/mol. The average molecular weight is 240 g/mol. The fourth-order valence-corrected chi connectivity index (χ4v) is 2.03. The molecule has 0 spiro atoms. The van der Waals surface area contributed by atoms with Gasteiger partial charge in [0.1, 0.15) is 5.78 Å². The van der Waals surface area contributed by atoms with Crippen molar-refractivity contribution in [3.8, 4) is 0 Å². The predicted octanol–water partition coefficient (Wildman–Crippen LogP) is 4.39. The van der Waals surface area contributed by atoms with Crippen molar-refractivity contribution in [2.45, 2.75) is 33.6 Å². The molecule has 0 N–H and O–H groups in total. The van der Waals surface area contributed by atoms with Crippen LogP contribution < -0.4 is 0 Å². The normalized spacial score (nSPS) is 11.7. The van der Waals surface area contributed by atoms with E-state index < -0.39 is 0 Å². The third-order valence-corrected chi connectivity index (χ3v) is 3.29. The SMILES string of the molecule is CC(C)(C)C(=O)CCc1ccc2ccccc2c1. The Bertz CT molecular complexity index is 561. The van der Waals surface area contributed by atoms with Gasteiger partial charge in [-0.15, -0.1) is 0 Å². The molecule has 0 atom stereocenters. The van der Waals surface area contributed by atoms with Crippen molar-refractivity contribution in [3.63, 3.8) is 0 Å². The average Bonchev–Trinajstić information content (AvgIpc) is 2.34. The van der Waals surface area contributed by atoms with E-state index in [0.29, 0.717) is 12.2 Å². The summed E-state index contributed by atoms with van der Waals surface area (Å²) in [5, 5.41) is 2.50. The Morgan fingerprint density at radius 1 is 1.00 bits per heavy atom. The van der Waals surface area contributed by atoms with E-state index in [1.54, 1.807) is 0 Å². The first kappa shape index (κ1) is 12.8. The molecule has 0 radical (unpaired) electrons. The van der Waals surface area contributed by atoms with Gasteiger partial charge < -0.3 is 0 Å². The summed E-state index contributed by atoms with van der Waals surface area (Å²) in [5.41, 5.74) is 1.02. The van der Waals surface area contributed by atoms with Crippen LogP contribution in [0, 0.1) is 5.41 Å². The Labute approximate surface area is 109 Å². The minimum atomic E-state index is -0.225. The van der Waals surface area contributed by atoms with Crippen molar-refractivity contribution >= 4 is 16.6 Å². The largest absolute Gasteiger partial charge is 0.299 e. The lowest BCUT2D eigenvalue weighted by molar-refractivity contribution is -0.126. The van der Waals surface area contributed by atoms with E-state index in [1.807, 2.05) is 32.9 Å². The molecule has 2 aromatic rings. The summed E-state index contributed by atoms with van der Waals surface area (Å²) in [4.78, 5) is 11.9. The molecule has 0 saturated heterocycles. The van der Waals surface area contributed by atoms with Crippen LogP contribution in [-0.4, -0.2) is 5.78 Å². The third-order valence-electron chi connectivity index (χ3n) is 3.29. The predicted molar refractivity (Wildman–Crippen MR) is 76.7 cm³/mol. The van der Waals surface area contributed by atoms with Gasteiger partial charge in [0.05, 0.1) is 0 Å². The van der Waals surface area contributed by atoms with Crippen LogP contribution >= 0.6 is 0 Å². The molecule has 0 heterocycles. The van der Waals surface area contributed by atoms with Crippen LogP contribution in [0.1, 0.15) is 32.8 Å². The maximum atomic E-state index is 11.9. The lowest BCUT2D eigenvalue weighted by atomic mass is 9.87. The molecule has 0 unspecified atom stereocenters. The van der Waals surface area contributed by atoms with E-state index >= 15 is 0 Å². The first-order valence-electron chi connectivity index (χ1n) is 6.48. The van der Waals surface area contributed by atoms with Gasteiger partial charge in [-0.3, -0.25) is 4.79 Å². The van der Waals surface area contributed by atoms with Gasteiger partial charge in [0.2, 0.25) is 0 Å². The van der Waals surface area contributed by atoms with Crippen molar-refractivity contribution in [2.24, 2.45) is 5.41 Å². The second kappa shape index (κ2) is 4.93. The number of ketones is 1. The van der Waals surface area contributed by atoms with Gasteiger partial charge in [-0.2, -0.15) is 0 Å². The Morgan fingerprint density at radius 2 is 1.67 bits per heavy atom. The Hall–Kier alpha value is -1.63. The molecule has 0 aliphatic carbocycles. The van der Waals surface area contributed by atoms with Crippen LogP contribution in [0.2, 0.25) is 0 Å². The number of carbonyl (C=O) groups excluding carboxylic acids is 1.